The first kappa shape index (κ1) is 16.3. The lowest BCUT2D eigenvalue weighted by Gasteiger charge is -2.36. The van der Waals surface area contributed by atoms with Crippen LogP contribution in [0.4, 0.5) is 13.2 Å². The minimum absolute atomic E-state index is 0.329. The fraction of sp³-hybridized carbons (Fsp3) is 0.625. The summed E-state index contributed by atoms with van der Waals surface area (Å²) < 4.78 is 38.1. The van der Waals surface area contributed by atoms with Crippen LogP contribution >= 0.6 is 0 Å². The number of rotatable bonds is 3. The van der Waals surface area contributed by atoms with E-state index in [2.05, 4.69) is 18.7 Å². The molecule has 2 rings (SSSR count). The maximum absolute atomic E-state index is 12.7. The van der Waals surface area contributed by atoms with Crippen molar-refractivity contribution in [2.24, 2.45) is 11.8 Å². The van der Waals surface area contributed by atoms with Gasteiger partial charge in [-0.3, -0.25) is 4.90 Å². The van der Waals surface area contributed by atoms with Crippen LogP contribution in [-0.2, 0) is 6.18 Å². The third-order valence-corrected chi connectivity index (χ3v) is 3.97. The van der Waals surface area contributed by atoms with Crippen LogP contribution in [0, 0.1) is 11.8 Å². The van der Waals surface area contributed by atoms with Gasteiger partial charge in [0, 0.05) is 19.6 Å². The van der Waals surface area contributed by atoms with Gasteiger partial charge < -0.3 is 5.11 Å². The second-order valence-corrected chi connectivity index (χ2v) is 6.30. The summed E-state index contributed by atoms with van der Waals surface area (Å²) in [7, 11) is 0. The van der Waals surface area contributed by atoms with Gasteiger partial charge in [-0.2, -0.15) is 13.2 Å². The lowest BCUT2D eigenvalue weighted by Crippen LogP contribution is -2.40. The molecule has 0 aromatic heterocycles. The Labute approximate surface area is 123 Å². The average molecular weight is 301 g/mol. The largest absolute Gasteiger partial charge is 0.416 e. The number of benzene rings is 1. The molecule has 1 aromatic rings. The zero-order valence-electron chi connectivity index (χ0n) is 12.4. The van der Waals surface area contributed by atoms with Crippen LogP contribution in [0.25, 0.3) is 0 Å². The summed E-state index contributed by atoms with van der Waals surface area (Å²) in [5.74, 6) is 1.12. The molecule has 2 nitrogen and oxygen atoms in total. The molecule has 0 saturated carbocycles. The molecule has 118 valence electrons. The molecule has 1 aromatic carbocycles. The summed E-state index contributed by atoms with van der Waals surface area (Å²) in [4.78, 5) is 2.14. The average Bonchev–Trinajstić information content (AvgIpc) is 2.36. The van der Waals surface area contributed by atoms with Gasteiger partial charge in [0.15, 0.2) is 0 Å². The molecule has 1 heterocycles. The lowest BCUT2D eigenvalue weighted by molar-refractivity contribution is -0.137. The van der Waals surface area contributed by atoms with Gasteiger partial charge in [0.1, 0.15) is 0 Å². The van der Waals surface area contributed by atoms with Crippen LogP contribution in [0.1, 0.15) is 37.5 Å². The summed E-state index contributed by atoms with van der Waals surface area (Å²) in [6.45, 7) is 6.50. The highest BCUT2D eigenvalue weighted by molar-refractivity contribution is 5.27. The fourth-order valence-corrected chi connectivity index (χ4v) is 3.21. The summed E-state index contributed by atoms with van der Waals surface area (Å²) in [5, 5.41) is 10.2. The van der Waals surface area contributed by atoms with Crippen molar-refractivity contribution in [2.45, 2.75) is 32.5 Å². The molecule has 1 fully saturated rings. The van der Waals surface area contributed by atoms with Crippen molar-refractivity contribution in [3.8, 4) is 0 Å². The lowest BCUT2D eigenvalue weighted by atomic mass is 9.91. The minimum atomic E-state index is -4.37. The quantitative estimate of drug-likeness (QED) is 0.920. The van der Waals surface area contributed by atoms with E-state index in [4.69, 9.17) is 0 Å². The second kappa shape index (κ2) is 6.36. The Kier molecular flexibility index (Phi) is 4.94. The summed E-state index contributed by atoms with van der Waals surface area (Å²) >= 11 is 0. The van der Waals surface area contributed by atoms with Crippen molar-refractivity contribution < 1.29 is 18.3 Å². The van der Waals surface area contributed by atoms with Gasteiger partial charge in [-0.25, -0.2) is 0 Å². The number of β-amino-alcohol motifs (C(OH)–C–C–N with tert-alkyl or cyclic N) is 1. The molecule has 0 spiro atoms. The number of hydrogen-bond donors (Lipinski definition) is 1. The highest BCUT2D eigenvalue weighted by Crippen LogP contribution is 2.31. The van der Waals surface area contributed by atoms with Gasteiger partial charge in [-0.15, -0.1) is 0 Å². The van der Waals surface area contributed by atoms with E-state index >= 15 is 0 Å². The Morgan fingerprint density at radius 2 is 1.86 bits per heavy atom. The van der Waals surface area contributed by atoms with Gasteiger partial charge in [-0.05, 0) is 36.0 Å². The number of nitrogens with zero attached hydrogens (tertiary/aromatic N) is 1. The monoisotopic (exact) mass is 301 g/mol. The third kappa shape index (κ3) is 4.45. The molecule has 1 N–H and O–H groups in total. The first-order chi connectivity index (χ1) is 9.75. The second-order valence-electron chi connectivity index (χ2n) is 6.30. The number of halogens is 3. The predicted molar refractivity (Wildman–Crippen MR) is 75.8 cm³/mol. The molecule has 0 aliphatic carbocycles. The summed E-state index contributed by atoms with van der Waals surface area (Å²) in [6, 6.07) is 4.97. The van der Waals surface area contributed by atoms with Crippen molar-refractivity contribution >= 4 is 0 Å². The van der Waals surface area contributed by atoms with E-state index in [1.54, 1.807) is 6.07 Å². The molecular formula is C16H22F3NO. The molecule has 21 heavy (non-hydrogen) atoms. The number of piperidine rings is 1. The van der Waals surface area contributed by atoms with Crippen LogP contribution in [0.2, 0.25) is 0 Å². The van der Waals surface area contributed by atoms with E-state index in [-0.39, 0.29) is 0 Å². The number of alkyl halides is 3. The van der Waals surface area contributed by atoms with Crippen molar-refractivity contribution in [3.05, 3.63) is 35.4 Å². The normalized spacial score (nSPS) is 25.8. The van der Waals surface area contributed by atoms with Crippen LogP contribution in [0.3, 0.4) is 0 Å². The first-order valence-corrected chi connectivity index (χ1v) is 7.33. The number of likely N-dealkylation sites (tertiary alicyclic amines) is 1. The van der Waals surface area contributed by atoms with Gasteiger partial charge >= 0.3 is 6.18 Å². The number of aliphatic hydroxyl groups is 1. The van der Waals surface area contributed by atoms with Crippen LogP contribution < -0.4 is 0 Å². The molecule has 0 radical (unpaired) electrons. The number of aliphatic hydroxyl groups excluding tert-OH is 1. The smallest absolute Gasteiger partial charge is 0.387 e. The maximum Gasteiger partial charge on any atom is 0.416 e. The summed E-state index contributed by atoms with van der Waals surface area (Å²) in [6.07, 6.45) is -4.09. The first-order valence-electron chi connectivity index (χ1n) is 7.33. The van der Waals surface area contributed by atoms with Crippen molar-refractivity contribution in [3.63, 3.8) is 0 Å². The fourth-order valence-electron chi connectivity index (χ4n) is 3.21. The molecule has 1 aliphatic rings. The van der Waals surface area contributed by atoms with Crippen LogP contribution in [-0.4, -0.2) is 29.6 Å². The van der Waals surface area contributed by atoms with E-state index in [0.717, 1.165) is 31.6 Å². The molecule has 1 saturated heterocycles. The standard InChI is InChI=1S/C16H22F3NO/c1-11-6-12(2)9-20(8-11)10-15(21)13-4-3-5-14(7-13)16(17,18)19/h3-5,7,11-12,15,21H,6,8-10H2,1-2H3. The Balaban J connectivity index is 2.05. The van der Waals surface area contributed by atoms with Gasteiger partial charge in [0.05, 0.1) is 11.7 Å². The molecule has 1 aliphatic heterocycles. The van der Waals surface area contributed by atoms with Crippen LogP contribution in [0.5, 0.6) is 0 Å². The van der Waals surface area contributed by atoms with E-state index in [1.165, 1.54) is 6.07 Å². The third-order valence-electron chi connectivity index (χ3n) is 3.97. The Hall–Kier alpha value is -1.07. The zero-order chi connectivity index (χ0) is 15.6. The number of hydrogen-bond acceptors (Lipinski definition) is 2. The SMILES string of the molecule is CC1CC(C)CN(CC(O)c2cccc(C(F)(F)F)c2)C1. The molecule has 3 unspecified atom stereocenters. The van der Waals surface area contributed by atoms with Crippen LogP contribution in [0.15, 0.2) is 24.3 Å². The van der Waals surface area contributed by atoms with E-state index in [0.29, 0.717) is 23.9 Å². The molecule has 5 heteroatoms. The molecule has 0 bridgehead atoms. The minimum Gasteiger partial charge on any atom is -0.387 e. The van der Waals surface area contributed by atoms with E-state index < -0.39 is 17.8 Å². The van der Waals surface area contributed by atoms with Crippen molar-refractivity contribution in [1.29, 1.82) is 0 Å². The van der Waals surface area contributed by atoms with Gasteiger partial charge in [0.2, 0.25) is 0 Å². The molecule has 3 atom stereocenters. The van der Waals surface area contributed by atoms with E-state index in [1.807, 2.05) is 0 Å². The summed E-state index contributed by atoms with van der Waals surface area (Å²) in [5.41, 5.74) is -0.380. The van der Waals surface area contributed by atoms with Crippen molar-refractivity contribution in [2.75, 3.05) is 19.6 Å². The Morgan fingerprint density at radius 3 is 2.43 bits per heavy atom. The van der Waals surface area contributed by atoms with Gasteiger partial charge in [-0.1, -0.05) is 26.0 Å². The Morgan fingerprint density at radius 1 is 1.24 bits per heavy atom. The molecular weight excluding hydrogens is 279 g/mol. The maximum atomic E-state index is 12.7. The van der Waals surface area contributed by atoms with Gasteiger partial charge in [0.25, 0.3) is 0 Å². The highest BCUT2D eigenvalue weighted by atomic mass is 19.4. The van der Waals surface area contributed by atoms with Crippen molar-refractivity contribution in [1.82, 2.24) is 4.90 Å². The topological polar surface area (TPSA) is 23.5 Å². The Bertz CT molecular complexity index is 465. The van der Waals surface area contributed by atoms with E-state index in [9.17, 15) is 18.3 Å². The molecule has 0 amide bonds. The zero-order valence-corrected chi connectivity index (χ0v) is 12.4. The highest BCUT2D eigenvalue weighted by Gasteiger charge is 2.31. The predicted octanol–water partition coefficient (Wildman–Crippen LogP) is 3.72.